The van der Waals surface area contributed by atoms with Crippen molar-refractivity contribution in [2.75, 3.05) is 39.7 Å². The number of morpholine rings is 1. The Bertz CT molecular complexity index is 1010. The van der Waals surface area contributed by atoms with E-state index in [0.29, 0.717) is 31.3 Å². The van der Waals surface area contributed by atoms with Gasteiger partial charge in [0.05, 0.1) is 19.8 Å². The summed E-state index contributed by atoms with van der Waals surface area (Å²) in [7, 11) is 0. The van der Waals surface area contributed by atoms with Crippen LogP contribution in [0, 0.1) is 0 Å². The van der Waals surface area contributed by atoms with E-state index in [2.05, 4.69) is 15.5 Å². The highest BCUT2D eigenvalue weighted by molar-refractivity contribution is 5.98. The number of hydrogen-bond acceptors (Lipinski definition) is 8. The fourth-order valence-corrected chi connectivity index (χ4v) is 3.71. The number of aliphatic hydroxyl groups is 1. The third-order valence-electron chi connectivity index (χ3n) is 5.46. The molecule has 0 saturated carbocycles. The molecule has 0 bridgehead atoms. The van der Waals surface area contributed by atoms with Crippen LogP contribution in [-0.2, 0) is 22.6 Å². The first-order valence-corrected chi connectivity index (χ1v) is 10.7. The summed E-state index contributed by atoms with van der Waals surface area (Å²) in [5.41, 5.74) is 1.77. The Morgan fingerprint density at radius 2 is 1.82 bits per heavy atom. The molecule has 2 heterocycles. The molecule has 0 aliphatic carbocycles. The molecule has 2 aromatic rings. The van der Waals surface area contributed by atoms with Crippen LogP contribution < -0.4 is 20.1 Å². The van der Waals surface area contributed by atoms with E-state index in [1.807, 2.05) is 0 Å². The molecule has 0 spiro atoms. The van der Waals surface area contributed by atoms with Crippen LogP contribution >= 0.6 is 0 Å². The van der Waals surface area contributed by atoms with E-state index in [-0.39, 0.29) is 24.7 Å². The number of ether oxygens (including phenoxy) is 3. The lowest BCUT2D eigenvalue weighted by Gasteiger charge is -2.26. The topological polar surface area (TPSA) is 130 Å². The maximum atomic E-state index is 12.7. The van der Waals surface area contributed by atoms with Gasteiger partial charge < -0.3 is 35.1 Å². The number of nitrogens with one attached hydrogen (secondary N) is 2. The SMILES string of the molecule is O=C(NC(CO)C(=O)NCc1ccc2c(c1)OCO2)c1cc(O)cc(CN2CCOCC2)c1. The van der Waals surface area contributed by atoms with Crippen LogP contribution in [-0.4, -0.2) is 72.7 Å². The van der Waals surface area contributed by atoms with Gasteiger partial charge in [0.25, 0.3) is 5.91 Å². The zero-order valence-electron chi connectivity index (χ0n) is 18.1. The number of carbonyl (C=O) groups is 2. The number of hydrogen-bond donors (Lipinski definition) is 4. The van der Waals surface area contributed by atoms with Crippen molar-refractivity contribution < 1.29 is 34.0 Å². The number of nitrogens with zero attached hydrogens (tertiary/aromatic N) is 1. The number of phenols is 1. The van der Waals surface area contributed by atoms with Crippen LogP contribution in [0.1, 0.15) is 21.5 Å². The standard InChI is InChI=1S/C23H27N3O7/c27-13-19(23(30)24-11-15-1-2-20-21(9-15)33-14-32-20)25-22(29)17-7-16(8-18(28)10-17)12-26-3-5-31-6-4-26/h1-2,7-10,19,27-28H,3-6,11-14H2,(H,24,30)(H,25,29). The van der Waals surface area contributed by atoms with E-state index < -0.39 is 24.5 Å². The minimum absolute atomic E-state index is 0.0429. The van der Waals surface area contributed by atoms with Gasteiger partial charge in [-0.15, -0.1) is 0 Å². The summed E-state index contributed by atoms with van der Waals surface area (Å²) in [5.74, 6) is 0.109. The molecule has 0 radical (unpaired) electrons. The lowest BCUT2D eigenvalue weighted by molar-refractivity contribution is -0.124. The van der Waals surface area contributed by atoms with Crippen LogP contribution in [0.5, 0.6) is 17.2 Å². The molecule has 33 heavy (non-hydrogen) atoms. The third kappa shape index (κ3) is 5.92. The van der Waals surface area contributed by atoms with Crippen LogP contribution in [0.4, 0.5) is 0 Å². The van der Waals surface area contributed by atoms with Crippen LogP contribution in [0.25, 0.3) is 0 Å². The normalized spacial score (nSPS) is 16.3. The molecule has 10 nitrogen and oxygen atoms in total. The van der Waals surface area contributed by atoms with Gasteiger partial charge in [-0.25, -0.2) is 0 Å². The Kier molecular flexibility index (Phi) is 7.28. The zero-order chi connectivity index (χ0) is 23.2. The molecule has 10 heteroatoms. The predicted octanol–water partition coefficient (Wildman–Crippen LogP) is 0.360. The van der Waals surface area contributed by atoms with Crippen molar-refractivity contribution in [2.45, 2.75) is 19.1 Å². The van der Waals surface area contributed by atoms with E-state index in [1.54, 1.807) is 30.3 Å². The first kappa shape index (κ1) is 22.8. The van der Waals surface area contributed by atoms with Crippen molar-refractivity contribution in [2.24, 2.45) is 0 Å². The number of fused-ring (bicyclic) bond motifs is 1. The maximum absolute atomic E-state index is 12.7. The predicted molar refractivity (Wildman–Crippen MR) is 117 cm³/mol. The summed E-state index contributed by atoms with van der Waals surface area (Å²) >= 11 is 0. The highest BCUT2D eigenvalue weighted by Crippen LogP contribution is 2.32. The van der Waals surface area contributed by atoms with Gasteiger partial charge in [-0.05, 0) is 41.5 Å². The summed E-state index contributed by atoms with van der Waals surface area (Å²) < 4.78 is 15.9. The molecule has 176 valence electrons. The molecular weight excluding hydrogens is 430 g/mol. The number of amides is 2. The molecule has 2 aliphatic rings. The van der Waals surface area contributed by atoms with E-state index >= 15 is 0 Å². The smallest absolute Gasteiger partial charge is 0.252 e. The van der Waals surface area contributed by atoms with Crippen molar-refractivity contribution in [3.8, 4) is 17.2 Å². The van der Waals surface area contributed by atoms with Gasteiger partial charge in [0.15, 0.2) is 11.5 Å². The maximum Gasteiger partial charge on any atom is 0.252 e. The highest BCUT2D eigenvalue weighted by atomic mass is 16.7. The van der Waals surface area contributed by atoms with E-state index in [1.165, 1.54) is 6.07 Å². The minimum atomic E-state index is -1.14. The molecule has 2 aliphatic heterocycles. The monoisotopic (exact) mass is 457 g/mol. The Labute approximate surface area is 191 Å². The molecule has 1 atom stereocenters. The fraction of sp³-hybridized carbons (Fsp3) is 0.391. The molecule has 2 aromatic carbocycles. The summed E-state index contributed by atoms with van der Waals surface area (Å²) in [6.45, 7) is 3.18. The van der Waals surface area contributed by atoms with Crippen LogP contribution in [0.2, 0.25) is 0 Å². The average molecular weight is 457 g/mol. The van der Waals surface area contributed by atoms with Gasteiger partial charge in [0.2, 0.25) is 12.7 Å². The van der Waals surface area contributed by atoms with Crippen molar-refractivity contribution in [3.05, 3.63) is 53.1 Å². The van der Waals surface area contributed by atoms with Crippen molar-refractivity contribution in [1.29, 1.82) is 0 Å². The number of aliphatic hydroxyl groups excluding tert-OH is 1. The van der Waals surface area contributed by atoms with Gasteiger partial charge in [-0.2, -0.15) is 0 Å². The molecule has 4 N–H and O–H groups in total. The number of rotatable bonds is 8. The second kappa shape index (κ2) is 10.5. The molecule has 1 fully saturated rings. The Morgan fingerprint density at radius 1 is 1.03 bits per heavy atom. The minimum Gasteiger partial charge on any atom is -0.508 e. The number of aromatic hydroxyl groups is 1. The Balaban J connectivity index is 1.35. The van der Waals surface area contributed by atoms with Gasteiger partial charge in [0, 0.05) is 31.7 Å². The van der Waals surface area contributed by atoms with Crippen LogP contribution in [0.3, 0.4) is 0 Å². The van der Waals surface area contributed by atoms with Crippen molar-refractivity contribution >= 4 is 11.8 Å². The van der Waals surface area contributed by atoms with Crippen molar-refractivity contribution in [3.63, 3.8) is 0 Å². The Morgan fingerprint density at radius 3 is 2.61 bits per heavy atom. The summed E-state index contributed by atoms with van der Waals surface area (Å²) in [4.78, 5) is 27.4. The lowest BCUT2D eigenvalue weighted by Crippen LogP contribution is -2.48. The molecule has 2 amide bonds. The first-order chi connectivity index (χ1) is 16.0. The quantitative estimate of drug-likeness (QED) is 0.447. The molecule has 4 rings (SSSR count). The van der Waals surface area contributed by atoms with E-state index in [4.69, 9.17) is 14.2 Å². The second-order valence-electron chi connectivity index (χ2n) is 7.89. The lowest BCUT2D eigenvalue weighted by atomic mass is 10.1. The highest BCUT2D eigenvalue weighted by Gasteiger charge is 2.22. The van der Waals surface area contributed by atoms with Gasteiger partial charge >= 0.3 is 0 Å². The fourth-order valence-electron chi connectivity index (χ4n) is 3.71. The second-order valence-corrected chi connectivity index (χ2v) is 7.89. The van der Waals surface area contributed by atoms with Gasteiger partial charge in [-0.1, -0.05) is 6.07 Å². The van der Waals surface area contributed by atoms with Gasteiger partial charge in [-0.3, -0.25) is 14.5 Å². The summed E-state index contributed by atoms with van der Waals surface area (Å²) in [5, 5.41) is 25.0. The number of benzene rings is 2. The van der Waals surface area contributed by atoms with E-state index in [9.17, 15) is 19.8 Å². The first-order valence-electron chi connectivity index (χ1n) is 10.7. The van der Waals surface area contributed by atoms with Crippen molar-refractivity contribution in [1.82, 2.24) is 15.5 Å². The third-order valence-corrected chi connectivity index (χ3v) is 5.46. The average Bonchev–Trinajstić information content (AvgIpc) is 3.29. The summed E-state index contributed by atoms with van der Waals surface area (Å²) in [6, 6.07) is 8.78. The molecule has 1 saturated heterocycles. The van der Waals surface area contributed by atoms with Crippen LogP contribution in [0.15, 0.2) is 36.4 Å². The molecule has 1 unspecified atom stereocenters. The summed E-state index contributed by atoms with van der Waals surface area (Å²) in [6.07, 6.45) is 0. The zero-order valence-corrected chi connectivity index (χ0v) is 18.1. The van der Waals surface area contributed by atoms with E-state index in [0.717, 1.165) is 24.2 Å². The Hall–Kier alpha value is -3.34. The largest absolute Gasteiger partial charge is 0.508 e. The number of phenolic OH excluding ortho intramolecular Hbond substituents is 1. The van der Waals surface area contributed by atoms with Gasteiger partial charge in [0.1, 0.15) is 11.8 Å². The molecular formula is C23H27N3O7. The number of carbonyl (C=O) groups excluding carboxylic acids is 2. The molecule has 0 aromatic heterocycles.